The molecule has 0 amide bonds. The SMILES string of the molecule is C[C@@]12CCC[C@@](C)(C(=O)O[C@H]3O[C@@H](CO)[C@H](O)[C@@H](O)[C@@H]3O)[C@@H]1CC[C@]13CC[C@](O[C@@H]4O[C@H](CO)[C@@H](O)[C@H](O)[C@@H]4O[C@@H]4O[C@H](CO)[C@H](O)[C@H](O)[C@@H]4O)(CC[C@H]12)C3. The van der Waals surface area contributed by atoms with E-state index in [-0.39, 0.29) is 22.7 Å². The van der Waals surface area contributed by atoms with Gasteiger partial charge in [-0.2, -0.15) is 0 Å². The van der Waals surface area contributed by atoms with Gasteiger partial charge in [0, 0.05) is 0 Å². The van der Waals surface area contributed by atoms with Crippen molar-refractivity contribution < 1.29 is 89.4 Å². The van der Waals surface area contributed by atoms with Gasteiger partial charge in [0.15, 0.2) is 12.6 Å². The van der Waals surface area contributed by atoms with Crippen molar-refractivity contribution in [2.45, 2.75) is 176 Å². The van der Waals surface area contributed by atoms with Gasteiger partial charge in [-0.3, -0.25) is 4.79 Å². The summed E-state index contributed by atoms with van der Waals surface area (Å²) in [5, 5.41) is 114. The van der Waals surface area contributed by atoms with E-state index < -0.39 is 129 Å². The minimum absolute atomic E-state index is 0.0873. The maximum atomic E-state index is 14.1. The fourth-order valence-corrected chi connectivity index (χ4v) is 12.0. The highest BCUT2D eigenvalue weighted by atomic mass is 16.8. The first kappa shape index (κ1) is 42.0. The monoisotopic (exact) mass is 792 g/mol. The summed E-state index contributed by atoms with van der Waals surface area (Å²) in [6.45, 7) is 2.15. The third-order valence-electron chi connectivity index (χ3n) is 15.0. The number of hydrogen-bond donors (Lipinski definition) is 11. The van der Waals surface area contributed by atoms with E-state index in [1.165, 1.54) is 0 Å². The van der Waals surface area contributed by atoms with Crippen LogP contribution in [0.5, 0.6) is 0 Å². The minimum Gasteiger partial charge on any atom is -0.432 e. The maximum Gasteiger partial charge on any atom is 0.314 e. The van der Waals surface area contributed by atoms with Gasteiger partial charge in [-0.15, -0.1) is 0 Å². The first-order valence-electron chi connectivity index (χ1n) is 19.8. The van der Waals surface area contributed by atoms with Crippen LogP contribution in [0.1, 0.15) is 78.1 Å². The first-order valence-corrected chi connectivity index (χ1v) is 19.8. The van der Waals surface area contributed by atoms with E-state index in [1.807, 2.05) is 6.92 Å². The predicted octanol–water partition coefficient (Wildman–Crippen LogP) is -3.10. The fourth-order valence-electron chi connectivity index (χ4n) is 12.0. The molecule has 3 heterocycles. The van der Waals surface area contributed by atoms with E-state index in [1.54, 1.807) is 0 Å². The number of ether oxygens (including phenoxy) is 6. The summed E-state index contributed by atoms with van der Waals surface area (Å²) in [5.74, 6) is -0.456. The summed E-state index contributed by atoms with van der Waals surface area (Å²) in [7, 11) is 0. The highest BCUT2D eigenvalue weighted by Crippen LogP contribution is 2.73. The molecule has 0 aromatic heterocycles. The van der Waals surface area contributed by atoms with Crippen LogP contribution in [-0.2, 0) is 33.2 Å². The van der Waals surface area contributed by atoms with Crippen molar-refractivity contribution in [2.75, 3.05) is 19.8 Å². The molecule has 11 N–H and O–H groups in total. The zero-order valence-corrected chi connectivity index (χ0v) is 31.3. The molecule has 18 heteroatoms. The molecule has 3 aliphatic heterocycles. The Bertz CT molecular complexity index is 1370. The lowest BCUT2D eigenvalue weighted by molar-refractivity contribution is -0.380. The molecule has 7 fully saturated rings. The van der Waals surface area contributed by atoms with Crippen LogP contribution in [0.25, 0.3) is 0 Å². The Morgan fingerprint density at radius 1 is 0.600 bits per heavy atom. The Balaban J connectivity index is 1.08. The number of hydrogen-bond acceptors (Lipinski definition) is 18. The first-order chi connectivity index (χ1) is 26.0. The largest absolute Gasteiger partial charge is 0.432 e. The van der Waals surface area contributed by atoms with Crippen molar-refractivity contribution in [1.29, 1.82) is 0 Å². The lowest BCUT2D eigenvalue weighted by atomic mass is 9.41. The molecular weight excluding hydrogens is 732 g/mol. The summed E-state index contributed by atoms with van der Waals surface area (Å²) in [4.78, 5) is 14.1. The van der Waals surface area contributed by atoms with E-state index in [4.69, 9.17) is 28.4 Å². The van der Waals surface area contributed by atoms with Crippen LogP contribution in [0.2, 0.25) is 0 Å². The molecule has 0 unspecified atom stereocenters. The van der Waals surface area contributed by atoms with Gasteiger partial charge in [0.25, 0.3) is 0 Å². The zero-order chi connectivity index (χ0) is 39.8. The van der Waals surface area contributed by atoms with Gasteiger partial charge in [-0.05, 0) is 87.4 Å². The molecule has 4 saturated carbocycles. The van der Waals surface area contributed by atoms with Gasteiger partial charge in [0.1, 0.15) is 73.2 Å². The number of rotatable bonds is 9. The Kier molecular flexibility index (Phi) is 11.8. The van der Waals surface area contributed by atoms with Crippen molar-refractivity contribution in [3.05, 3.63) is 0 Å². The molecule has 2 bridgehead atoms. The Hall–Kier alpha value is -1.17. The van der Waals surface area contributed by atoms with Gasteiger partial charge < -0.3 is 84.6 Å². The summed E-state index contributed by atoms with van der Waals surface area (Å²) < 4.78 is 35.5. The predicted molar refractivity (Wildman–Crippen MR) is 182 cm³/mol. The van der Waals surface area contributed by atoms with Crippen molar-refractivity contribution in [1.82, 2.24) is 0 Å². The molecule has 1 spiro atoms. The lowest BCUT2D eigenvalue weighted by Gasteiger charge is -2.64. The molecular formula is C37H60O18. The van der Waals surface area contributed by atoms with Crippen LogP contribution in [0.3, 0.4) is 0 Å². The highest BCUT2D eigenvalue weighted by molar-refractivity contribution is 5.77. The second-order valence-corrected chi connectivity index (χ2v) is 17.9. The Labute approximate surface area is 318 Å². The van der Waals surface area contributed by atoms with Crippen molar-refractivity contribution in [3.8, 4) is 0 Å². The molecule has 0 aromatic carbocycles. The normalized spacial score (nSPS) is 55.3. The molecule has 55 heavy (non-hydrogen) atoms. The standard InChI is InChI=1S/C37H60O18/c1-34-6-3-7-35(2,33(49)54-31-28(48)25(45)22(42)17(13-39)51-31)19(34)4-8-36-10-11-37(15-36,9-5-20(34)36)55-32-29(26(46)23(43)18(14-40)52-32)53-30-27(47)24(44)21(41)16(12-38)50-30/h16-32,38-48H,3-15H2,1-2H3/t16-,17+,18-,19-,20+,21+,22+,23-,24+,25-,26+,27+,28+,29+,30+,31-,32+,34-,35-,36-,37-/m1/s1. The lowest BCUT2D eigenvalue weighted by Crippen LogP contribution is -2.65. The average Bonchev–Trinajstić information content (AvgIpc) is 3.43. The van der Waals surface area contributed by atoms with Crippen molar-refractivity contribution in [3.63, 3.8) is 0 Å². The Morgan fingerprint density at radius 2 is 1.15 bits per heavy atom. The molecule has 0 aromatic rings. The van der Waals surface area contributed by atoms with Gasteiger partial charge in [0.05, 0.1) is 30.8 Å². The van der Waals surface area contributed by atoms with Crippen LogP contribution >= 0.6 is 0 Å². The summed E-state index contributed by atoms with van der Waals surface area (Å²) in [5.41, 5.74) is -2.14. The van der Waals surface area contributed by atoms with E-state index in [9.17, 15) is 61.0 Å². The molecule has 0 radical (unpaired) electrons. The number of carbonyl (C=O) groups is 1. The van der Waals surface area contributed by atoms with Crippen LogP contribution in [-0.4, -0.2) is 180 Å². The molecule has 7 aliphatic rings. The van der Waals surface area contributed by atoms with Crippen molar-refractivity contribution in [2.24, 2.45) is 28.1 Å². The summed E-state index contributed by atoms with van der Waals surface area (Å²) in [6.07, 6.45) is -16.1. The molecule has 18 nitrogen and oxygen atoms in total. The van der Waals surface area contributed by atoms with Gasteiger partial charge in [0.2, 0.25) is 6.29 Å². The van der Waals surface area contributed by atoms with Crippen LogP contribution in [0, 0.1) is 28.1 Å². The second-order valence-electron chi connectivity index (χ2n) is 17.9. The summed E-state index contributed by atoms with van der Waals surface area (Å²) in [6, 6.07) is 0. The number of fused-ring (bicyclic) bond motifs is 3. The number of carbonyl (C=O) groups excluding carboxylic acids is 1. The molecule has 4 aliphatic carbocycles. The Morgan fingerprint density at radius 3 is 1.76 bits per heavy atom. The second kappa shape index (κ2) is 15.5. The van der Waals surface area contributed by atoms with Gasteiger partial charge in [-0.1, -0.05) is 13.3 Å². The van der Waals surface area contributed by atoms with Crippen molar-refractivity contribution >= 4 is 5.97 Å². The van der Waals surface area contributed by atoms with Crippen LogP contribution in [0.4, 0.5) is 0 Å². The fraction of sp³-hybridized carbons (Fsp3) is 0.973. The molecule has 7 rings (SSSR count). The average molecular weight is 793 g/mol. The number of aliphatic hydroxyl groups excluding tert-OH is 11. The minimum atomic E-state index is -1.78. The van der Waals surface area contributed by atoms with Gasteiger partial charge >= 0.3 is 5.97 Å². The quantitative estimate of drug-likeness (QED) is 0.0814. The number of esters is 1. The van der Waals surface area contributed by atoms with E-state index in [0.717, 1.165) is 32.1 Å². The molecule has 21 atom stereocenters. The third-order valence-corrected chi connectivity index (χ3v) is 15.0. The van der Waals surface area contributed by atoms with Crippen LogP contribution in [0.15, 0.2) is 0 Å². The summed E-state index contributed by atoms with van der Waals surface area (Å²) >= 11 is 0. The zero-order valence-electron chi connectivity index (χ0n) is 31.3. The molecule has 316 valence electrons. The van der Waals surface area contributed by atoms with Crippen LogP contribution < -0.4 is 0 Å². The third kappa shape index (κ3) is 6.88. The van der Waals surface area contributed by atoms with E-state index >= 15 is 0 Å². The van der Waals surface area contributed by atoms with Gasteiger partial charge in [-0.25, -0.2) is 0 Å². The maximum absolute atomic E-state index is 14.1. The highest BCUT2D eigenvalue weighted by Gasteiger charge is 2.68. The van der Waals surface area contributed by atoms with E-state index in [2.05, 4.69) is 6.92 Å². The molecule has 3 saturated heterocycles. The van der Waals surface area contributed by atoms with E-state index in [0.29, 0.717) is 32.1 Å². The topological polar surface area (TPSA) is 295 Å². The number of aliphatic hydroxyl groups is 11. The smallest absolute Gasteiger partial charge is 0.314 e.